The molecule has 1 fully saturated rings. The Labute approximate surface area is 98.8 Å². The van der Waals surface area contributed by atoms with Gasteiger partial charge in [0.15, 0.2) is 11.5 Å². The number of nitrogens with zero attached hydrogens (tertiary/aromatic N) is 3. The largest absolute Gasteiger partial charge is 0.411 e. The smallest absolute Gasteiger partial charge is 0.368 e. The number of anilines is 2. The van der Waals surface area contributed by atoms with Crippen molar-refractivity contribution in [1.82, 2.24) is 19.9 Å². The molecule has 9 heteroatoms. The number of hydrogen-bond donors (Lipinski definition) is 3. The van der Waals surface area contributed by atoms with E-state index in [1.807, 2.05) is 0 Å². The first-order valence-corrected chi connectivity index (χ1v) is 5.23. The highest BCUT2D eigenvalue weighted by Crippen LogP contribution is 2.51. The Hall–Kier alpha value is -2.06. The molecule has 18 heavy (non-hydrogen) atoms. The molecular weight excluding hydrogens is 249 g/mol. The van der Waals surface area contributed by atoms with E-state index >= 15 is 0 Å². The molecular formula is C9H9F3N6. The topological polar surface area (TPSA) is 92.5 Å². The Balaban J connectivity index is 2.03. The molecule has 1 aliphatic rings. The molecule has 0 saturated heterocycles. The van der Waals surface area contributed by atoms with E-state index in [-0.39, 0.29) is 30.3 Å². The number of rotatable bonds is 2. The van der Waals surface area contributed by atoms with Gasteiger partial charge in [-0.25, -0.2) is 4.98 Å². The average molecular weight is 258 g/mol. The van der Waals surface area contributed by atoms with Gasteiger partial charge in [0.05, 0.1) is 6.33 Å². The summed E-state index contributed by atoms with van der Waals surface area (Å²) in [6, 6.07) is 0. The van der Waals surface area contributed by atoms with Crippen LogP contribution in [-0.2, 0) is 0 Å². The van der Waals surface area contributed by atoms with Crippen molar-refractivity contribution in [2.75, 3.05) is 11.1 Å². The fourth-order valence-electron chi connectivity index (χ4n) is 1.77. The summed E-state index contributed by atoms with van der Waals surface area (Å²) >= 11 is 0. The van der Waals surface area contributed by atoms with Crippen LogP contribution >= 0.6 is 0 Å². The highest BCUT2D eigenvalue weighted by atomic mass is 19.4. The highest BCUT2D eigenvalue weighted by molar-refractivity contribution is 5.84. The molecule has 3 rings (SSSR count). The van der Waals surface area contributed by atoms with Crippen molar-refractivity contribution >= 4 is 22.9 Å². The van der Waals surface area contributed by atoms with Gasteiger partial charge in [-0.3, -0.25) is 0 Å². The van der Waals surface area contributed by atoms with Crippen molar-refractivity contribution < 1.29 is 13.2 Å². The van der Waals surface area contributed by atoms with Crippen LogP contribution in [0.2, 0.25) is 0 Å². The van der Waals surface area contributed by atoms with E-state index in [1.165, 1.54) is 6.33 Å². The van der Waals surface area contributed by atoms with Gasteiger partial charge in [0.25, 0.3) is 0 Å². The van der Waals surface area contributed by atoms with E-state index in [1.54, 1.807) is 0 Å². The van der Waals surface area contributed by atoms with Crippen molar-refractivity contribution in [2.45, 2.75) is 24.6 Å². The first-order valence-electron chi connectivity index (χ1n) is 5.23. The molecule has 0 aromatic carbocycles. The number of nitrogens with one attached hydrogen (secondary N) is 2. The molecule has 0 bridgehead atoms. The van der Waals surface area contributed by atoms with Crippen molar-refractivity contribution in [2.24, 2.45) is 0 Å². The van der Waals surface area contributed by atoms with Crippen molar-refractivity contribution in [3.63, 3.8) is 0 Å². The van der Waals surface area contributed by atoms with E-state index in [9.17, 15) is 13.2 Å². The second kappa shape index (κ2) is 3.24. The number of H-pyrrole nitrogens is 1. The van der Waals surface area contributed by atoms with Crippen molar-refractivity contribution in [3.8, 4) is 0 Å². The maximum atomic E-state index is 12.8. The molecule has 1 aliphatic carbocycles. The van der Waals surface area contributed by atoms with Gasteiger partial charge < -0.3 is 16.0 Å². The predicted octanol–water partition coefficient (Wildman–Crippen LogP) is 1.44. The maximum absolute atomic E-state index is 12.8. The molecule has 0 radical (unpaired) electrons. The number of hydrogen-bond acceptors (Lipinski definition) is 5. The summed E-state index contributed by atoms with van der Waals surface area (Å²) in [5.41, 5.74) is 4.10. The Morgan fingerprint density at radius 2 is 2.06 bits per heavy atom. The van der Waals surface area contributed by atoms with Gasteiger partial charge in [-0.1, -0.05) is 0 Å². The first-order chi connectivity index (χ1) is 8.41. The van der Waals surface area contributed by atoms with Crippen LogP contribution in [0.25, 0.3) is 11.2 Å². The summed E-state index contributed by atoms with van der Waals surface area (Å²) in [6.45, 7) is 0. The molecule has 2 aromatic heterocycles. The maximum Gasteiger partial charge on any atom is 0.411 e. The minimum absolute atomic E-state index is 0.0238. The van der Waals surface area contributed by atoms with Gasteiger partial charge in [0.2, 0.25) is 5.95 Å². The fraction of sp³-hybridized carbons (Fsp3) is 0.444. The number of aromatic nitrogens is 4. The number of nitrogen functional groups attached to an aromatic ring is 1. The molecule has 2 heterocycles. The summed E-state index contributed by atoms with van der Waals surface area (Å²) in [5, 5.41) is 2.41. The van der Waals surface area contributed by atoms with Crippen molar-refractivity contribution in [3.05, 3.63) is 6.33 Å². The second-order valence-corrected chi connectivity index (χ2v) is 4.24. The third kappa shape index (κ3) is 1.54. The van der Waals surface area contributed by atoms with E-state index in [4.69, 9.17) is 5.73 Å². The molecule has 2 aromatic rings. The van der Waals surface area contributed by atoms with Gasteiger partial charge in [-0.15, -0.1) is 0 Å². The lowest BCUT2D eigenvalue weighted by atomic mass is 10.2. The fourth-order valence-corrected chi connectivity index (χ4v) is 1.77. The Morgan fingerprint density at radius 3 is 2.67 bits per heavy atom. The predicted molar refractivity (Wildman–Crippen MR) is 57.7 cm³/mol. The third-order valence-electron chi connectivity index (χ3n) is 2.95. The van der Waals surface area contributed by atoms with Gasteiger partial charge in [0, 0.05) is 0 Å². The summed E-state index contributed by atoms with van der Waals surface area (Å²) in [5.74, 6) is -0.0834. The summed E-state index contributed by atoms with van der Waals surface area (Å²) in [7, 11) is 0. The summed E-state index contributed by atoms with van der Waals surface area (Å²) < 4.78 is 38.5. The number of aromatic amines is 1. The number of alkyl halides is 3. The van der Waals surface area contributed by atoms with E-state index in [2.05, 4.69) is 25.3 Å². The molecule has 0 aliphatic heterocycles. The molecule has 0 amide bonds. The van der Waals surface area contributed by atoms with Crippen LogP contribution in [-0.4, -0.2) is 31.7 Å². The van der Waals surface area contributed by atoms with E-state index in [0.717, 1.165) is 0 Å². The molecule has 4 N–H and O–H groups in total. The van der Waals surface area contributed by atoms with Crippen LogP contribution in [0.1, 0.15) is 12.8 Å². The van der Waals surface area contributed by atoms with E-state index in [0.29, 0.717) is 5.52 Å². The Bertz CT molecular complexity index is 600. The molecule has 0 atom stereocenters. The highest BCUT2D eigenvalue weighted by Gasteiger charge is 2.63. The summed E-state index contributed by atoms with van der Waals surface area (Å²) in [6.07, 6.45) is -2.94. The van der Waals surface area contributed by atoms with Crippen LogP contribution < -0.4 is 11.1 Å². The van der Waals surface area contributed by atoms with Crippen LogP contribution in [0.4, 0.5) is 24.9 Å². The lowest BCUT2D eigenvalue weighted by Gasteiger charge is -2.21. The number of halogens is 3. The SMILES string of the molecule is Nc1nc(NC2(C(F)(F)F)CC2)c2[nH]cnc2n1. The normalized spacial score (nSPS) is 17.9. The Kier molecular flexibility index (Phi) is 1.99. The number of nitrogens with two attached hydrogens (primary N) is 1. The lowest BCUT2D eigenvalue weighted by Crippen LogP contribution is -2.39. The molecule has 1 saturated carbocycles. The third-order valence-corrected chi connectivity index (χ3v) is 2.95. The van der Waals surface area contributed by atoms with Crippen LogP contribution in [0.15, 0.2) is 6.33 Å². The van der Waals surface area contributed by atoms with Gasteiger partial charge in [-0.05, 0) is 12.8 Å². The lowest BCUT2D eigenvalue weighted by molar-refractivity contribution is -0.151. The van der Waals surface area contributed by atoms with Crippen molar-refractivity contribution in [1.29, 1.82) is 0 Å². The van der Waals surface area contributed by atoms with Crippen LogP contribution in [0.5, 0.6) is 0 Å². The average Bonchev–Trinajstić information content (AvgIpc) is 2.88. The molecule has 6 nitrogen and oxygen atoms in total. The minimum Gasteiger partial charge on any atom is -0.368 e. The zero-order valence-corrected chi connectivity index (χ0v) is 9.04. The Morgan fingerprint density at radius 1 is 1.33 bits per heavy atom. The standard InChI is InChI=1S/C9H9F3N6/c10-9(11,12)8(1-2-8)18-6-4-5(15-3-14-4)16-7(13)17-6/h3H,1-2H2,(H4,13,14,15,16,17,18). The van der Waals surface area contributed by atoms with Crippen LogP contribution in [0, 0.1) is 0 Å². The van der Waals surface area contributed by atoms with Gasteiger partial charge >= 0.3 is 6.18 Å². The zero-order valence-electron chi connectivity index (χ0n) is 9.04. The molecule has 96 valence electrons. The quantitative estimate of drug-likeness (QED) is 0.758. The zero-order chi connectivity index (χ0) is 13.0. The van der Waals surface area contributed by atoms with Crippen LogP contribution in [0.3, 0.4) is 0 Å². The number of fused-ring (bicyclic) bond motifs is 1. The second-order valence-electron chi connectivity index (χ2n) is 4.24. The van der Waals surface area contributed by atoms with Gasteiger partial charge in [0.1, 0.15) is 11.1 Å². The molecule has 0 spiro atoms. The van der Waals surface area contributed by atoms with E-state index < -0.39 is 11.7 Å². The number of imidazole rings is 1. The minimum atomic E-state index is -4.32. The molecule has 0 unspecified atom stereocenters. The first kappa shape index (κ1) is 11.1. The van der Waals surface area contributed by atoms with Gasteiger partial charge in [-0.2, -0.15) is 23.1 Å². The summed E-state index contributed by atoms with van der Waals surface area (Å²) in [4.78, 5) is 14.1. The monoisotopic (exact) mass is 258 g/mol.